The van der Waals surface area contributed by atoms with E-state index in [0.717, 1.165) is 36.6 Å². The van der Waals surface area contributed by atoms with Crippen LogP contribution in [0, 0.1) is 11.6 Å². The number of urea groups is 1. The quantitative estimate of drug-likeness (QED) is 0.888. The fraction of sp³-hybridized carbons (Fsp3) is 0.333. The predicted octanol–water partition coefficient (Wildman–Crippen LogP) is 3.67. The summed E-state index contributed by atoms with van der Waals surface area (Å²) in [6.07, 6.45) is 5.32. The number of carbonyl (C=O) groups excluding carboxylic acids is 1. The van der Waals surface area contributed by atoms with E-state index < -0.39 is 17.7 Å². The molecule has 0 bridgehead atoms. The van der Waals surface area contributed by atoms with Crippen LogP contribution in [0.25, 0.3) is 0 Å². The standard InChI is InChI=1S/C18H20F2N4O/c19-15-5-4-14(11-16(15)20)23-18(25)22-12-13-6-7-21-17(10-13)24-8-2-1-3-9-24/h4-7,10-11H,1-3,8-9,12H2,(H2,22,23,25). The second-order valence-electron chi connectivity index (χ2n) is 6.01. The molecule has 2 N–H and O–H groups in total. The molecule has 25 heavy (non-hydrogen) atoms. The van der Waals surface area contributed by atoms with Gasteiger partial charge in [-0.2, -0.15) is 0 Å². The van der Waals surface area contributed by atoms with Gasteiger partial charge in [0.25, 0.3) is 0 Å². The van der Waals surface area contributed by atoms with Crippen molar-refractivity contribution in [2.45, 2.75) is 25.8 Å². The van der Waals surface area contributed by atoms with Gasteiger partial charge in [-0.1, -0.05) is 0 Å². The van der Waals surface area contributed by atoms with Gasteiger partial charge in [-0.05, 0) is 49.1 Å². The fourth-order valence-corrected chi connectivity index (χ4v) is 2.80. The number of nitrogens with zero attached hydrogens (tertiary/aromatic N) is 2. The van der Waals surface area contributed by atoms with Crippen molar-refractivity contribution in [3.05, 3.63) is 53.7 Å². The number of hydrogen-bond donors (Lipinski definition) is 2. The molecule has 1 aliphatic heterocycles. The molecular weight excluding hydrogens is 326 g/mol. The molecule has 0 atom stereocenters. The lowest BCUT2D eigenvalue weighted by Gasteiger charge is -2.27. The van der Waals surface area contributed by atoms with Crippen LogP contribution in [0.1, 0.15) is 24.8 Å². The lowest BCUT2D eigenvalue weighted by Crippen LogP contribution is -2.31. The van der Waals surface area contributed by atoms with E-state index in [1.54, 1.807) is 6.20 Å². The molecule has 1 fully saturated rings. The van der Waals surface area contributed by atoms with Gasteiger partial charge in [0.05, 0.1) is 0 Å². The number of aromatic nitrogens is 1. The Morgan fingerprint density at radius 3 is 2.64 bits per heavy atom. The number of carbonyl (C=O) groups is 1. The van der Waals surface area contributed by atoms with Crippen LogP contribution in [0.2, 0.25) is 0 Å². The first-order chi connectivity index (χ1) is 12.1. The monoisotopic (exact) mass is 346 g/mol. The van der Waals surface area contributed by atoms with Crippen molar-refractivity contribution in [3.63, 3.8) is 0 Å². The number of amides is 2. The van der Waals surface area contributed by atoms with E-state index in [-0.39, 0.29) is 5.69 Å². The van der Waals surface area contributed by atoms with Gasteiger partial charge in [-0.25, -0.2) is 18.6 Å². The second kappa shape index (κ2) is 7.92. The van der Waals surface area contributed by atoms with E-state index >= 15 is 0 Å². The molecule has 2 aromatic rings. The zero-order valence-corrected chi connectivity index (χ0v) is 13.8. The minimum atomic E-state index is -1.00. The minimum Gasteiger partial charge on any atom is -0.357 e. The Morgan fingerprint density at radius 2 is 1.88 bits per heavy atom. The maximum absolute atomic E-state index is 13.1. The highest BCUT2D eigenvalue weighted by molar-refractivity contribution is 5.89. The average Bonchev–Trinajstić information content (AvgIpc) is 2.64. The molecule has 2 amide bonds. The van der Waals surface area contributed by atoms with Crippen LogP contribution >= 0.6 is 0 Å². The molecule has 5 nitrogen and oxygen atoms in total. The van der Waals surface area contributed by atoms with E-state index in [1.165, 1.54) is 25.3 Å². The van der Waals surface area contributed by atoms with E-state index in [0.29, 0.717) is 6.54 Å². The number of nitrogens with one attached hydrogen (secondary N) is 2. The van der Waals surface area contributed by atoms with Gasteiger partial charge < -0.3 is 15.5 Å². The van der Waals surface area contributed by atoms with Crippen LogP contribution in [0.15, 0.2) is 36.5 Å². The summed E-state index contributed by atoms with van der Waals surface area (Å²) in [5.41, 5.74) is 1.12. The number of benzene rings is 1. The third kappa shape index (κ3) is 4.65. The van der Waals surface area contributed by atoms with Crippen molar-refractivity contribution < 1.29 is 13.6 Å². The van der Waals surface area contributed by atoms with Crippen LogP contribution in [-0.4, -0.2) is 24.1 Å². The first-order valence-corrected chi connectivity index (χ1v) is 8.31. The maximum Gasteiger partial charge on any atom is 0.319 e. The molecule has 1 saturated heterocycles. The highest BCUT2D eigenvalue weighted by Crippen LogP contribution is 2.18. The van der Waals surface area contributed by atoms with E-state index in [4.69, 9.17) is 0 Å². The van der Waals surface area contributed by atoms with Crippen molar-refractivity contribution in [1.29, 1.82) is 0 Å². The molecule has 0 unspecified atom stereocenters. The summed E-state index contributed by atoms with van der Waals surface area (Å²) in [6.45, 7) is 2.32. The molecule has 3 rings (SSSR count). The molecule has 0 spiro atoms. The molecule has 0 saturated carbocycles. The normalized spacial score (nSPS) is 14.2. The first-order valence-electron chi connectivity index (χ1n) is 8.31. The van der Waals surface area contributed by atoms with E-state index in [2.05, 4.69) is 20.5 Å². The van der Waals surface area contributed by atoms with Gasteiger partial charge >= 0.3 is 6.03 Å². The third-order valence-corrected chi connectivity index (χ3v) is 4.12. The van der Waals surface area contributed by atoms with Crippen molar-refractivity contribution in [1.82, 2.24) is 10.3 Å². The SMILES string of the molecule is O=C(NCc1ccnc(N2CCCCC2)c1)Nc1ccc(F)c(F)c1. The van der Waals surface area contributed by atoms with Gasteiger partial charge in [0.2, 0.25) is 0 Å². The minimum absolute atomic E-state index is 0.195. The fourth-order valence-electron chi connectivity index (χ4n) is 2.80. The molecule has 1 aromatic heterocycles. The largest absolute Gasteiger partial charge is 0.357 e. The zero-order valence-electron chi connectivity index (χ0n) is 13.8. The smallest absolute Gasteiger partial charge is 0.319 e. The Balaban J connectivity index is 1.55. The van der Waals surface area contributed by atoms with Crippen LogP contribution in [-0.2, 0) is 6.54 Å². The number of halogens is 2. The molecule has 7 heteroatoms. The maximum atomic E-state index is 13.1. The van der Waals surface area contributed by atoms with Crippen LogP contribution in [0.4, 0.5) is 25.1 Å². The van der Waals surface area contributed by atoms with Gasteiger partial charge in [0.1, 0.15) is 5.82 Å². The van der Waals surface area contributed by atoms with E-state index in [9.17, 15) is 13.6 Å². The van der Waals surface area contributed by atoms with Gasteiger partial charge in [0.15, 0.2) is 11.6 Å². The van der Waals surface area contributed by atoms with Crippen LogP contribution < -0.4 is 15.5 Å². The molecule has 0 aliphatic carbocycles. The summed E-state index contributed by atoms with van der Waals surface area (Å²) in [6, 6.07) is 6.53. The Morgan fingerprint density at radius 1 is 1.08 bits per heavy atom. The third-order valence-electron chi connectivity index (χ3n) is 4.12. The van der Waals surface area contributed by atoms with Crippen molar-refractivity contribution in [3.8, 4) is 0 Å². The summed E-state index contributed by atoms with van der Waals surface area (Å²) in [7, 11) is 0. The lowest BCUT2D eigenvalue weighted by molar-refractivity contribution is 0.251. The molecule has 1 aromatic carbocycles. The van der Waals surface area contributed by atoms with Gasteiger partial charge in [0, 0.05) is 37.6 Å². The van der Waals surface area contributed by atoms with E-state index in [1.807, 2.05) is 12.1 Å². The van der Waals surface area contributed by atoms with Crippen LogP contribution in [0.5, 0.6) is 0 Å². The van der Waals surface area contributed by atoms with Crippen LogP contribution in [0.3, 0.4) is 0 Å². The average molecular weight is 346 g/mol. The Bertz CT molecular complexity index is 748. The summed E-state index contributed by atoms with van der Waals surface area (Å²) in [5, 5.41) is 5.17. The Labute approximate surface area is 145 Å². The summed E-state index contributed by atoms with van der Waals surface area (Å²) >= 11 is 0. The predicted molar refractivity (Wildman–Crippen MR) is 92.5 cm³/mol. The molecule has 1 aliphatic rings. The topological polar surface area (TPSA) is 57.3 Å². The summed E-state index contributed by atoms with van der Waals surface area (Å²) < 4.78 is 26.0. The number of anilines is 2. The van der Waals surface area contributed by atoms with Gasteiger partial charge in [-0.3, -0.25) is 0 Å². The molecular formula is C18H20F2N4O. The Kier molecular flexibility index (Phi) is 5.42. The first kappa shape index (κ1) is 17.1. The number of hydrogen-bond acceptors (Lipinski definition) is 3. The van der Waals surface area contributed by atoms with Crippen molar-refractivity contribution in [2.75, 3.05) is 23.3 Å². The highest BCUT2D eigenvalue weighted by atomic mass is 19.2. The molecule has 2 heterocycles. The second-order valence-corrected chi connectivity index (χ2v) is 6.01. The summed E-state index contributed by atoms with van der Waals surface area (Å²) in [4.78, 5) is 18.5. The number of pyridine rings is 1. The number of piperidine rings is 1. The highest BCUT2D eigenvalue weighted by Gasteiger charge is 2.12. The lowest BCUT2D eigenvalue weighted by atomic mass is 10.1. The molecule has 132 valence electrons. The van der Waals surface area contributed by atoms with Crippen molar-refractivity contribution in [2.24, 2.45) is 0 Å². The van der Waals surface area contributed by atoms with Crippen molar-refractivity contribution >= 4 is 17.5 Å². The zero-order chi connectivity index (χ0) is 17.6. The number of rotatable bonds is 4. The summed E-state index contributed by atoms with van der Waals surface area (Å²) in [5.74, 6) is -1.04. The van der Waals surface area contributed by atoms with Gasteiger partial charge in [-0.15, -0.1) is 0 Å². The molecule has 0 radical (unpaired) electrons. The Hall–Kier alpha value is -2.70.